The first-order chi connectivity index (χ1) is 17.6. The zero-order valence-electron chi connectivity index (χ0n) is 23.6. The number of esters is 1. The molecule has 0 spiro atoms. The zero-order chi connectivity index (χ0) is 28.1. The molecule has 0 aliphatic carbocycles. The minimum absolute atomic E-state index is 0.0151. The van der Waals surface area contributed by atoms with Crippen LogP contribution in [0.25, 0.3) is 0 Å². The minimum Gasteiger partial charge on any atom is -0.465 e. The molecule has 0 aromatic carbocycles. The van der Waals surface area contributed by atoms with Crippen LogP contribution in [-0.2, 0) is 14.3 Å². The van der Waals surface area contributed by atoms with Gasteiger partial charge in [-0.3, -0.25) is 9.59 Å². The first-order valence-corrected chi connectivity index (χ1v) is 14.5. The van der Waals surface area contributed by atoms with Crippen molar-refractivity contribution < 1.29 is 34.8 Å². The molecule has 0 fully saturated rings. The van der Waals surface area contributed by atoms with E-state index in [0.29, 0.717) is 6.42 Å². The smallest absolute Gasteiger partial charge is 0.310 e. The quantitative estimate of drug-likeness (QED) is 0.0816. The second-order valence-corrected chi connectivity index (χ2v) is 10.6. The maximum Gasteiger partial charge on any atom is 0.310 e. The lowest BCUT2D eigenvalue weighted by atomic mass is 9.95. The maximum absolute atomic E-state index is 12.4. The van der Waals surface area contributed by atoms with E-state index in [0.717, 1.165) is 19.3 Å². The van der Waals surface area contributed by atoms with Crippen molar-refractivity contribution >= 4 is 11.9 Å². The largest absolute Gasteiger partial charge is 0.465 e. The molecular formula is C28H56N2O7. The molecule has 220 valence electrons. The van der Waals surface area contributed by atoms with Gasteiger partial charge < -0.3 is 36.2 Å². The second-order valence-electron chi connectivity index (χ2n) is 10.6. The Bertz CT molecular complexity index is 577. The van der Waals surface area contributed by atoms with Crippen molar-refractivity contribution in [2.24, 2.45) is 17.6 Å². The summed E-state index contributed by atoms with van der Waals surface area (Å²) in [5, 5.41) is 41.2. The third-order valence-electron chi connectivity index (χ3n) is 6.96. The highest BCUT2D eigenvalue weighted by Gasteiger charge is 2.27. The molecular weight excluding hydrogens is 476 g/mol. The molecule has 5 unspecified atom stereocenters. The maximum atomic E-state index is 12.4. The molecule has 0 aliphatic heterocycles. The summed E-state index contributed by atoms with van der Waals surface area (Å²) >= 11 is 0. The predicted molar refractivity (Wildman–Crippen MR) is 146 cm³/mol. The molecule has 0 aromatic rings. The summed E-state index contributed by atoms with van der Waals surface area (Å²) in [7, 11) is 0. The Morgan fingerprint density at radius 1 is 0.838 bits per heavy atom. The van der Waals surface area contributed by atoms with Gasteiger partial charge in [0.15, 0.2) is 6.10 Å². The molecule has 0 aliphatic rings. The van der Waals surface area contributed by atoms with Crippen LogP contribution < -0.4 is 11.1 Å². The van der Waals surface area contributed by atoms with Crippen LogP contribution >= 0.6 is 0 Å². The highest BCUT2D eigenvalue weighted by Crippen LogP contribution is 2.16. The molecule has 7 N–H and O–H groups in total. The third-order valence-corrected chi connectivity index (χ3v) is 6.96. The summed E-state index contributed by atoms with van der Waals surface area (Å²) in [6.45, 7) is 5.11. The van der Waals surface area contributed by atoms with Gasteiger partial charge in [0.2, 0.25) is 0 Å². The van der Waals surface area contributed by atoms with E-state index in [-0.39, 0.29) is 25.5 Å². The van der Waals surface area contributed by atoms with E-state index in [1.807, 2.05) is 13.8 Å². The number of rotatable bonds is 24. The lowest BCUT2D eigenvalue weighted by Crippen LogP contribution is -2.44. The highest BCUT2D eigenvalue weighted by atomic mass is 16.5. The number of hydrogen-bond donors (Lipinski definition) is 6. The molecule has 37 heavy (non-hydrogen) atoms. The zero-order valence-corrected chi connectivity index (χ0v) is 23.6. The average Bonchev–Trinajstić information content (AvgIpc) is 2.87. The number of amides is 1. The number of nitrogens with two attached hydrogens (primary N) is 1. The van der Waals surface area contributed by atoms with E-state index in [9.17, 15) is 24.9 Å². The van der Waals surface area contributed by atoms with Crippen LogP contribution in [0.3, 0.4) is 0 Å². The van der Waals surface area contributed by atoms with Crippen LogP contribution in [0.1, 0.15) is 111 Å². The molecule has 0 saturated heterocycles. The molecule has 9 nitrogen and oxygen atoms in total. The Morgan fingerprint density at radius 3 is 1.84 bits per heavy atom. The van der Waals surface area contributed by atoms with E-state index >= 15 is 0 Å². The standard InChI is InChI=1S/C28H56N2O7/c1-4-5-6-7-8-9-10-11-12-13-14-15-16-24(32)26(34)23(29)17-18-37-28(36)22(21(2)3)19-30-27(35)25(33)20-31/h21-26,31-34H,4-20,29H2,1-3H3,(H,30,35). The summed E-state index contributed by atoms with van der Waals surface area (Å²) in [4.78, 5) is 24.0. The number of nitrogens with one attached hydrogen (secondary N) is 1. The van der Waals surface area contributed by atoms with Gasteiger partial charge >= 0.3 is 5.97 Å². The van der Waals surface area contributed by atoms with Gasteiger partial charge in [0, 0.05) is 12.6 Å². The Hall–Kier alpha value is -1.26. The number of aliphatic hydroxyl groups excluding tert-OH is 4. The average molecular weight is 533 g/mol. The van der Waals surface area contributed by atoms with Crippen LogP contribution in [-0.4, -0.2) is 76.4 Å². The van der Waals surface area contributed by atoms with Crippen molar-refractivity contribution in [2.45, 2.75) is 135 Å². The van der Waals surface area contributed by atoms with E-state index in [1.54, 1.807) is 0 Å². The van der Waals surface area contributed by atoms with Crippen LogP contribution in [0.4, 0.5) is 0 Å². The molecule has 0 bridgehead atoms. The van der Waals surface area contributed by atoms with Gasteiger partial charge in [-0.1, -0.05) is 97.8 Å². The molecule has 0 rings (SSSR count). The normalized spacial score (nSPS) is 15.7. The first-order valence-electron chi connectivity index (χ1n) is 14.5. The first kappa shape index (κ1) is 35.7. The van der Waals surface area contributed by atoms with E-state index in [1.165, 1.54) is 57.8 Å². The molecule has 5 atom stereocenters. The fourth-order valence-electron chi connectivity index (χ4n) is 4.23. The molecule has 0 aromatic heterocycles. The minimum atomic E-state index is -1.54. The second kappa shape index (κ2) is 22.7. The van der Waals surface area contributed by atoms with E-state index in [2.05, 4.69) is 12.2 Å². The van der Waals surface area contributed by atoms with Gasteiger partial charge in [-0.2, -0.15) is 0 Å². The number of carbonyl (C=O) groups excluding carboxylic acids is 2. The van der Waals surface area contributed by atoms with Gasteiger partial charge in [-0.25, -0.2) is 0 Å². The molecule has 0 heterocycles. The number of hydrogen-bond acceptors (Lipinski definition) is 8. The number of unbranched alkanes of at least 4 members (excludes halogenated alkanes) is 11. The Kier molecular flexibility index (Phi) is 21.9. The summed E-state index contributed by atoms with van der Waals surface area (Å²) in [6, 6.07) is -0.725. The molecule has 1 amide bonds. The van der Waals surface area contributed by atoms with Gasteiger partial charge in [-0.05, 0) is 18.8 Å². The van der Waals surface area contributed by atoms with Crippen LogP contribution in [0.2, 0.25) is 0 Å². The molecule has 9 heteroatoms. The van der Waals surface area contributed by atoms with Gasteiger partial charge in [-0.15, -0.1) is 0 Å². The van der Waals surface area contributed by atoms with E-state index in [4.69, 9.17) is 15.6 Å². The summed E-state index contributed by atoms with van der Waals surface area (Å²) < 4.78 is 5.29. The number of carbonyl (C=O) groups is 2. The van der Waals surface area contributed by atoms with Crippen molar-refractivity contribution in [3.63, 3.8) is 0 Å². The summed E-state index contributed by atoms with van der Waals surface area (Å²) in [6.07, 6.45) is 11.9. The van der Waals surface area contributed by atoms with Crippen LogP contribution in [0, 0.1) is 11.8 Å². The third kappa shape index (κ3) is 17.8. The monoisotopic (exact) mass is 532 g/mol. The lowest BCUT2D eigenvalue weighted by Gasteiger charge is -2.24. The van der Waals surface area contributed by atoms with Crippen LogP contribution in [0.5, 0.6) is 0 Å². The Morgan fingerprint density at radius 2 is 1.35 bits per heavy atom. The SMILES string of the molecule is CCCCCCCCCCCCCCC(O)C(O)C(N)CCOC(=O)C(CNC(=O)C(O)CO)C(C)C. The van der Waals surface area contributed by atoms with Gasteiger partial charge in [0.05, 0.1) is 31.3 Å². The summed E-state index contributed by atoms with van der Waals surface area (Å²) in [5.74, 6) is -2.04. The van der Waals surface area contributed by atoms with Gasteiger partial charge in [0.1, 0.15) is 0 Å². The lowest BCUT2D eigenvalue weighted by molar-refractivity contribution is -0.150. The van der Waals surface area contributed by atoms with Crippen molar-refractivity contribution in [1.29, 1.82) is 0 Å². The number of aliphatic hydroxyl groups is 4. The number of ether oxygens (including phenoxy) is 1. The molecule has 0 radical (unpaired) electrons. The van der Waals surface area contributed by atoms with E-state index < -0.39 is 48.8 Å². The highest BCUT2D eigenvalue weighted by molar-refractivity contribution is 5.81. The Labute approximate surface area is 224 Å². The molecule has 0 saturated carbocycles. The van der Waals surface area contributed by atoms with Crippen molar-refractivity contribution in [1.82, 2.24) is 5.32 Å². The van der Waals surface area contributed by atoms with Gasteiger partial charge in [0.25, 0.3) is 5.91 Å². The van der Waals surface area contributed by atoms with Crippen LogP contribution in [0.15, 0.2) is 0 Å². The summed E-state index contributed by atoms with van der Waals surface area (Å²) in [5.41, 5.74) is 6.01. The van der Waals surface area contributed by atoms with Crippen molar-refractivity contribution in [2.75, 3.05) is 19.8 Å². The Balaban J connectivity index is 4.03. The topological polar surface area (TPSA) is 162 Å². The predicted octanol–water partition coefficient (Wildman–Crippen LogP) is 2.80. The fourth-order valence-corrected chi connectivity index (χ4v) is 4.23. The fraction of sp³-hybridized carbons (Fsp3) is 0.929. The van der Waals surface area contributed by atoms with Crippen molar-refractivity contribution in [3.05, 3.63) is 0 Å². The van der Waals surface area contributed by atoms with Crippen molar-refractivity contribution in [3.8, 4) is 0 Å².